The van der Waals surface area contributed by atoms with Gasteiger partial charge in [-0.2, -0.15) is 0 Å². The molecular formula is C11H17NOS. The van der Waals surface area contributed by atoms with Crippen LogP contribution in [0.3, 0.4) is 0 Å². The quantitative estimate of drug-likeness (QED) is 0.600. The summed E-state index contributed by atoms with van der Waals surface area (Å²) in [5.74, 6) is 1.08. The molecular weight excluding hydrogens is 194 g/mol. The number of thioether (sulfide) groups is 1. The third-order valence-corrected chi connectivity index (χ3v) is 3.09. The molecule has 0 unspecified atom stereocenters. The Morgan fingerprint density at radius 3 is 3.00 bits per heavy atom. The molecule has 1 N–H and O–H groups in total. The van der Waals surface area contributed by atoms with Crippen molar-refractivity contribution in [1.29, 1.82) is 0 Å². The van der Waals surface area contributed by atoms with Crippen LogP contribution in [0.1, 0.15) is 38.4 Å². The predicted octanol–water partition coefficient (Wildman–Crippen LogP) is 3.03. The molecule has 1 aromatic rings. The van der Waals surface area contributed by atoms with Gasteiger partial charge < -0.3 is 5.11 Å². The van der Waals surface area contributed by atoms with Crippen molar-refractivity contribution in [2.24, 2.45) is 0 Å². The second-order valence-electron chi connectivity index (χ2n) is 3.28. The molecule has 1 atom stereocenters. The van der Waals surface area contributed by atoms with E-state index in [1.807, 2.05) is 12.1 Å². The summed E-state index contributed by atoms with van der Waals surface area (Å²) in [5, 5.41) is 10.5. The summed E-state index contributed by atoms with van der Waals surface area (Å²) >= 11 is 1.73. The van der Waals surface area contributed by atoms with E-state index in [2.05, 4.69) is 11.9 Å². The maximum Gasteiger partial charge on any atom is 0.102 e. The summed E-state index contributed by atoms with van der Waals surface area (Å²) in [6.07, 6.45) is 3.75. The average molecular weight is 211 g/mol. The molecule has 0 aliphatic heterocycles. The van der Waals surface area contributed by atoms with Crippen LogP contribution in [-0.2, 0) is 0 Å². The van der Waals surface area contributed by atoms with E-state index in [0.29, 0.717) is 0 Å². The maximum atomic E-state index is 9.51. The Kier molecular flexibility index (Phi) is 4.98. The number of unbranched alkanes of at least 4 members (excludes halogenated alkanes) is 1. The largest absolute Gasteiger partial charge is 0.389 e. The van der Waals surface area contributed by atoms with Crippen molar-refractivity contribution in [3.8, 4) is 0 Å². The van der Waals surface area contributed by atoms with Crippen LogP contribution in [0.4, 0.5) is 0 Å². The topological polar surface area (TPSA) is 33.1 Å². The number of aromatic nitrogens is 1. The Balaban J connectivity index is 2.64. The summed E-state index contributed by atoms with van der Waals surface area (Å²) in [7, 11) is 0. The van der Waals surface area contributed by atoms with Gasteiger partial charge in [0.1, 0.15) is 5.03 Å². The number of aliphatic hydroxyl groups is 1. The lowest BCUT2D eigenvalue weighted by Gasteiger charge is -2.09. The summed E-state index contributed by atoms with van der Waals surface area (Å²) in [4.78, 5) is 4.27. The van der Waals surface area contributed by atoms with Gasteiger partial charge in [0.2, 0.25) is 0 Å². The van der Waals surface area contributed by atoms with Gasteiger partial charge in [0, 0.05) is 11.8 Å². The minimum atomic E-state index is -0.423. The standard InChI is InChI=1S/C11H17NOS/c1-3-4-8-14-11-10(9(2)13)6-5-7-12-11/h5-7,9,13H,3-4,8H2,1-2H3/t9-/m0/s1. The van der Waals surface area contributed by atoms with Gasteiger partial charge in [0.25, 0.3) is 0 Å². The lowest BCUT2D eigenvalue weighted by molar-refractivity contribution is 0.195. The first-order chi connectivity index (χ1) is 6.75. The van der Waals surface area contributed by atoms with Gasteiger partial charge in [-0.3, -0.25) is 0 Å². The zero-order chi connectivity index (χ0) is 10.4. The molecule has 0 spiro atoms. The van der Waals surface area contributed by atoms with E-state index in [-0.39, 0.29) is 0 Å². The van der Waals surface area contributed by atoms with E-state index in [4.69, 9.17) is 0 Å². The van der Waals surface area contributed by atoms with Crippen molar-refractivity contribution < 1.29 is 5.11 Å². The Morgan fingerprint density at radius 1 is 1.57 bits per heavy atom. The third kappa shape index (κ3) is 3.31. The van der Waals surface area contributed by atoms with E-state index < -0.39 is 6.10 Å². The Labute approximate surface area is 89.8 Å². The van der Waals surface area contributed by atoms with Crippen LogP contribution in [-0.4, -0.2) is 15.8 Å². The van der Waals surface area contributed by atoms with Crippen molar-refractivity contribution in [1.82, 2.24) is 4.98 Å². The molecule has 0 bridgehead atoms. The highest BCUT2D eigenvalue weighted by molar-refractivity contribution is 7.99. The van der Waals surface area contributed by atoms with Gasteiger partial charge in [-0.05, 0) is 25.2 Å². The highest BCUT2D eigenvalue weighted by Gasteiger charge is 2.08. The molecule has 0 amide bonds. The highest BCUT2D eigenvalue weighted by atomic mass is 32.2. The third-order valence-electron chi connectivity index (χ3n) is 1.99. The zero-order valence-corrected chi connectivity index (χ0v) is 9.55. The molecule has 0 saturated carbocycles. The van der Waals surface area contributed by atoms with E-state index in [1.54, 1.807) is 24.9 Å². The van der Waals surface area contributed by atoms with Crippen molar-refractivity contribution in [3.63, 3.8) is 0 Å². The fourth-order valence-electron chi connectivity index (χ4n) is 1.15. The number of pyridine rings is 1. The number of nitrogens with zero attached hydrogens (tertiary/aromatic N) is 1. The number of aliphatic hydroxyl groups excluding tert-OH is 1. The van der Waals surface area contributed by atoms with Crippen LogP contribution in [0.15, 0.2) is 23.4 Å². The normalized spacial score (nSPS) is 12.8. The lowest BCUT2D eigenvalue weighted by Crippen LogP contribution is -1.96. The molecule has 1 heterocycles. The van der Waals surface area contributed by atoms with Crippen molar-refractivity contribution in [3.05, 3.63) is 23.9 Å². The minimum absolute atomic E-state index is 0.423. The average Bonchev–Trinajstić information content (AvgIpc) is 2.19. The van der Waals surface area contributed by atoms with Crippen LogP contribution in [0, 0.1) is 0 Å². The van der Waals surface area contributed by atoms with Crippen LogP contribution >= 0.6 is 11.8 Å². The predicted molar refractivity (Wildman–Crippen MR) is 60.5 cm³/mol. The molecule has 0 saturated heterocycles. The minimum Gasteiger partial charge on any atom is -0.389 e. The molecule has 3 heteroatoms. The summed E-state index contributed by atoms with van der Waals surface area (Å²) in [6.45, 7) is 3.95. The van der Waals surface area contributed by atoms with Crippen LogP contribution < -0.4 is 0 Å². The van der Waals surface area contributed by atoms with Crippen molar-refractivity contribution in [2.75, 3.05) is 5.75 Å². The second kappa shape index (κ2) is 6.04. The molecule has 14 heavy (non-hydrogen) atoms. The van der Waals surface area contributed by atoms with E-state index >= 15 is 0 Å². The van der Waals surface area contributed by atoms with Crippen molar-refractivity contribution in [2.45, 2.75) is 37.8 Å². The molecule has 2 nitrogen and oxygen atoms in total. The van der Waals surface area contributed by atoms with E-state index in [9.17, 15) is 5.11 Å². The molecule has 0 aliphatic rings. The van der Waals surface area contributed by atoms with Gasteiger partial charge >= 0.3 is 0 Å². The first-order valence-corrected chi connectivity index (χ1v) is 6.00. The number of hydrogen-bond acceptors (Lipinski definition) is 3. The smallest absolute Gasteiger partial charge is 0.102 e. The SMILES string of the molecule is CCCCSc1ncccc1[C@H](C)O. The van der Waals surface area contributed by atoms with E-state index in [1.165, 1.54) is 12.8 Å². The Hall–Kier alpha value is -0.540. The Morgan fingerprint density at radius 2 is 2.36 bits per heavy atom. The molecule has 78 valence electrons. The molecule has 1 rings (SSSR count). The Bertz CT molecular complexity index is 276. The van der Waals surface area contributed by atoms with Crippen LogP contribution in [0.5, 0.6) is 0 Å². The molecule has 1 aromatic heterocycles. The van der Waals surface area contributed by atoms with Crippen LogP contribution in [0.2, 0.25) is 0 Å². The summed E-state index contributed by atoms with van der Waals surface area (Å²) in [5.41, 5.74) is 0.939. The monoisotopic (exact) mass is 211 g/mol. The fraction of sp³-hybridized carbons (Fsp3) is 0.545. The maximum absolute atomic E-state index is 9.51. The zero-order valence-electron chi connectivity index (χ0n) is 8.73. The molecule has 0 aliphatic carbocycles. The second-order valence-corrected chi connectivity index (χ2v) is 4.36. The highest BCUT2D eigenvalue weighted by Crippen LogP contribution is 2.25. The first kappa shape index (κ1) is 11.5. The summed E-state index contributed by atoms with van der Waals surface area (Å²) in [6, 6.07) is 3.80. The van der Waals surface area contributed by atoms with Gasteiger partial charge in [-0.15, -0.1) is 11.8 Å². The van der Waals surface area contributed by atoms with Crippen LogP contribution in [0.25, 0.3) is 0 Å². The van der Waals surface area contributed by atoms with Crippen molar-refractivity contribution >= 4 is 11.8 Å². The lowest BCUT2D eigenvalue weighted by atomic mass is 10.2. The van der Waals surface area contributed by atoms with Gasteiger partial charge in [0.05, 0.1) is 6.10 Å². The number of rotatable bonds is 5. The molecule has 0 radical (unpaired) electrons. The van der Waals surface area contributed by atoms with E-state index in [0.717, 1.165) is 16.3 Å². The fourth-order valence-corrected chi connectivity index (χ4v) is 2.32. The summed E-state index contributed by atoms with van der Waals surface area (Å²) < 4.78 is 0. The molecule has 0 aromatic carbocycles. The number of hydrogen-bond donors (Lipinski definition) is 1. The van der Waals surface area contributed by atoms with Gasteiger partial charge in [-0.25, -0.2) is 4.98 Å². The van der Waals surface area contributed by atoms with Gasteiger partial charge in [-0.1, -0.05) is 19.4 Å². The first-order valence-electron chi connectivity index (χ1n) is 5.01. The van der Waals surface area contributed by atoms with Gasteiger partial charge in [0.15, 0.2) is 0 Å². The molecule has 0 fully saturated rings.